The molecule has 30 heavy (non-hydrogen) atoms. The molecule has 8 heteroatoms. The zero-order chi connectivity index (χ0) is 20.9. The maximum atomic E-state index is 13.0. The molecule has 152 valence electrons. The predicted octanol–water partition coefficient (Wildman–Crippen LogP) is 3.84. The number of fused-ring (bicyclic) bond motifs is 1. The van der Waals surface area contributed by atoms with Gasteiger partial charge in [-0.15, -0.1) is 10.2 Å². The van der Waals surface area contributed by atoms with Gasteiger partial charge in [0.1, 0.15) is 10.8 Å². The van der Waals surface area contributed by atoms with Gasteiger partial charge in [-0.25, -0.2) is 4.39 Å². The monoisotopic (exact) mass is 421 g/mol. The summed E-state index contributed by atoms with van der Waals surface area (Å²) >= 11 is 1.65. The standard InChI is InChI=1S/C22H20FN5OS/c1-15-2-4-16(5-3-15)14-30-21-11-10-19-25-26-20(28(19)27-21)12-13-24-22(29)17-6-8-18(23)9-7-17/h2-11H,12-14H2,1H3,(H,24,29). The quantitative estimate of drug-likeness (QED) is 0.459. The van der Waals surface area contributed by atoms with E-state index in [1.807, 2.05) is 12.1 Å². The number of carbonyl (C=O) groups is 1. The number of hydrogen-bond donors (Lipinski definition) is 1. The molecule has 4 aromatic rings. The number of carbonyl (C=O) groups excluding carboxylic acids is 1. The maximum absolute atomic E-state index is 13.0. The van der Waals surface area contributed by atoms with Gasteiger partial charge in [0.2, 0.25) is 0 Å². The summed E-state index contributed by atoms with van der Waals surface area (Å²) in [4.78, 5) is 12.1. The summed E-state index contributed by atoms with van der Waals surface area (Å²) in [5.41, 5.74) is 3.55. The van der Waals surface area contributed by atoms with Gasteiger partial charge in [-0.05, 0) is 48.9 Å². The first-order chi connectivity index (χ1) is 14.6. The Kier molecular flexibility index (Phi) is 6.04. The highest BCUT2D eigenvalue weighted by molar-refractivity contribution is 7.98. The van der Waals surface area contributed by atoms with E-state index in [-0.39, 0.29) is 11.7 Å². The van der Waals surface area contributed by atoms with Gasteiger partial charge in [-0.2, -0.15) is 9.61 Å². The lowest BCUT2D eigenvalue weighted by molar-refractivity contribution is 0.0954. The Bertz CT molecular complexity index is 1160. The summed E-state index contributed by atoms with van der Waals surface area (Å²) < 4.78 is 14.7. The number of rotatable bonds is 7. The smallest absolute Gasteiger partial charge is 0.251 e. The van der Waals surface area contributed by atoms with Crippen molar-refractivity contribution in [2.45, 2.75) is 24.1 Å². The molecule has 2 aromatic carbocycles. The molecule has 0 aliphatic heterocycles. The highest BCUT2D eigenvalue weighted by Crippen LogP contribution is 2.21. The molecule has 2 heterocycles. The number of nitrogens with one attached hydrogen (secondary N) is 1. The molecule has 0 unspecified atom stereocenters. The maximum Gasteiger partial charge on any atom is 0.251 e. The Morgan fingerprint density at radius 3 is 2.57 bits per heavy atom. The molecule has 0 atom stereocenters. The van der Waals surface area contributed by atoms with E-state index in [1.54, 1.807) is 16.3 Å². The van der Waals surface area contributed by atoms with Crippen LogP contribution in [0.1, 0.15) is 27.3 Å². The predicted molar refractivity (Wildman–Crippen MR) is 114 cm³/mol. The Morgan fingerprint density at radius 2 is 1.80 bits per heavy atom. The van der Waals surface area contributed by atoms with Crippen LogP contribution < -0.4 is 5.32 Å². The molecule has 1 N–H and O–H groups in total. The third kappa shape index (κ3) is 4.83. The highest BCUT2D eigenvalue weighted by Gasteiger charge is 2.10. The summed E-state index contributed by atoms with van der Waals surface area (Å²) in [5, 5.41) is 16.6. The van der Waals surface area contributed by atoms with Gasteiger partial charge in [-0.3, -0.25) is 4.79 Å². The lowest BCUT2D eigenvalue weighted by Crippen LogP contribution is -2.26. The van der Waals surface area contributed by atoms with Crippen molar-refractivity contribution in [3.8, 4) is 0 Å². The Morgan fingerprint density at radius 1 is 1.03 bits per heavy atom. The molecular formula is C22H20FN5OS. The average molecular weight is 422 g/mol. The SMILES string of the molecule is Cc1ccc(CSc2ccc3nnc(CCNC(=O)c4ccc(F)cc4)n3n2)cc1. The number of benzene rings is 2. The molecule has 1 amide bonds. The van der Waals surface area contributed by atoms with Crippen LogP contribution in [0, 0.1) is 12.7 Å². The van der Waals surface area contributed by atoms with Crippen LogP contribution in [0.25, 0.3) is 5.65 Å². The third-order valence-electron chi connectivity index (χ3n) is 4.55. The van der Waals surface area contributed by atoms with Crippen molar-refractivity contribution < 1.29 is 9.18 Å². The lowest BCUT2D eigenvalue weighted by Gasteiger charge is -2.05. The van der Waals surface area contributed by atoms with Crippen molar-refractivity contribution in [3.63, 3.8) is 0 Å². The average Bonchev–Trinajstić information content (AvgIpc) is 3.16. The fraction of sp³-hybridized carbons (Fsp3) is 0.182. The minimum atomic E-state index is -0.372. The van der Waals surface area contributed by atoms with Crippen molar-refractivity contribution in [2.24, 2.45) is 0 Å². The Balaban J connectivity index is 1.38. The van der Waals surface area contributed by atoms with E-state index in [0.29, 0.717) is 30.0 Å². The molecule has 0 fully saturated rings. The van der Waals surface area contributed by atoms with Crippen molar-refractivity contribution in [2.75, 3.05) is 6.54 Å². The molecule has 4 rings (SSSR count). The van der Waals surface area contributed by atoms with Crippen LogP contribution in [0.4, 0.5) is 4.39 Å². The largest absolute Gasteiger partial charge is 0.352 e. The lowest BCUT2D eigenvalue weighted by atomic mass is 10.2. The summed E-state index contributed by atoms with van der Waals surface area (Å²) in [7, 11) is 0. The number of aryl methyl sites for hydroxylation is 1. The van der Waals surface area contributed by atoms with Crippen molar-refractivity contribution >= 4 is 23.3 Å². The first-order valence-electron chi connectivity index (χ1n) is 9.52. The molecule has 0 saturated carbocycles. The van der Waals surface area contributed by atoms with Crippen molar-refractivity contribution in [1.82, 2.24) is 25.1 Å². The molecule has 6 nitrogen and oxygen atoms in total. The van der Waals surface area contributed by atoms with Crippen molar-refractivity contribution in [1.29, 1.82) is 0 Å². The second-order valence-electron chi connectivity index (χ2n) is 6.84. The van der Waals surface area contributed by atoms with E-state index < -0.39 is 0 Å². The van der Waals surface area contributed by atoms with Crippen LogP contribution in [0.15, 0.2) is 65.7 Å². The Labute approximate surface area is 177 Å². The number of thioether (sulfide) groups is 1. The normalized spacial score (nSPS) is 11.0. The molecule has 0 aliphatic rings. The first kappa shape index (κ1) is 20.0. The number of aromatic nitrogens is 4. The molecule has 0 saturated heterocycles. The minimum absolute atomic E-state index is 0.258. The van der Waals surface area contributed by atoms with E-state index in [9.17, 15) is 9.18 Å². The van der Waals surface area contributed by atoms with E-state index in [2.05, 4.69) is 51.8 Å². The molecule has 0 aliphatic carbocycles. The first-order valence-corrected chi connectivity index (χ1v) is 10.5. The van der Waals surface area contributed by atoms with Crippen LogP contribution in [0.3, 0.4) is 0 Å². The van der Waals surface area contributed by atoms with Gasteiger partial charge in [0.25, 0.3) is 5.91 Å². The molecular weight excluding hydrogens is 401 g/mol. The fourth-order valence-corrected chi connectivity index (χ4v) is 3.69. The third-order valence-corrected chi connectivity index (χ3v) is 5.54. The number of hydrogen-bond acceptors (Lipinski definition) is 5. The number of amides is 1. The van der Waals surface area contributed by atoms with Gasteiger partial charge >= 0.3 is 0 Å². The van der Waals surface area contributed by atoms with Crippen molar-refractivity contribution in [3.05, 3.63) is 89.0 Å². The van der Waals surface area contributed by atoms with Crippen LogP contribution in [-0.4, -0.2) is 32.3 Å². The topological polar surface area (TPSA) is 72.2 Å². The molecule has 0 spiro atoms. The van der Waals surface area contributed by atoms with Gasteiger partial charge in [0.05, 0.1) is 0 Å². The Hall–Kier alpha value is -3.26. The fourth-order valence-electron chi connectivity index (χ4n) is 2.88. The van der Waals surface area contributed by atoms with E-state index >= 15 is 0 Å². The van der Waals surface area contributed by atoms with E-state index in [0.717, 1.165) is 10.8 Å². The summed E-state index contributed by atoms with van der Waals surface area (Å²) in [6.07, 6.45) is 0.479. The van der Waals surface area contributed by atoms with E-state index in [4.69, 9.17) is 0 Å². The number of halogens is 1. The van der Waals surface area contributed by atoms with Crippen LogP contribution in [0.2, 0.25) is 0 Å². The molecule has 2 aromatic heterocycles. The zero-order valence-electron chi connectivity index (χ0n) is 16.4. The van der Waals surface area contributed by atoms with Crippen LogP contribution >= 0.6 is 11.8 Å². The second-order valence-corrected chi connectivity index (χ2v) is 7.84. The highest BCUT2D eigenvalue weighted by atomic mass is 32.2. The summed E-state index contributed by atoms with van der Waals surface area (Å²) in [5.74, 6) is 0.862. The van der Waals surface area contributed by atoms with Gasteiger partial charge in [0, 0.05) is 24.3 Å². The van der Waals surface area contributed by atoms with Gasteiger partial charge in [0.15, 0.2) is 11.5 Å². The van der Waals surface area contributed by atoms with Crippen LogP contribution in [0.5, 0.6) is 0 Å². The van der Waals surface area contributed by atoms with Gasteiger partial charge < -0.3 is 5.32 Å². The second kappa shape index (κ2) is 9.04. The van der Waals surface area contributed by atoms with Gasteiger partial charge in [-0.1, -0.05) is 41.6 Å². The molecule has 0 radical (unpaired) electrons. The number of nitrogens with zero attached hydrogens (tertiary/aromatic N) is 4. The molecule has 0 bridgehead atoms. The summed E-state index contributed by atoms with van der Waals surface area (Å²) in [6.45, 7) is 2.45. The summed E-state index contributed by atoms with van der Waals surface area (Å²) in [6, 6.07) is 17.7. The minimum Gasteiger partial charge on any atom is -0.352 e. The zero-order valence-corrected chi connectivity index (χ0v) is 17.2. The van der Waals surface area contributed by atoms with Crippen LogP contribution in [-0.2, 0) is 12.2 Å². The van der Waals surface area contributed by atoms with E-state index in [1.165, 1.54) is 35.4 Å².